The van der Waals surface area contributed by atoms with Gasteiger partial charge in [0.25, 0.3) is 0 Å². The highest BCUT2D eigenvalue weighted by Crippen LogP contribution is 2.11. The number of carbonyl (C=O) groups excluding carboxylic acids is 1. The molecular formula is C12H17N3O. The lowest BCUT2D eigenvalue weighted by Crippen LogP contribution is -2.30. The van der Waals surface area contributed by atoms with Gasteiger partial charge in [-0.2, -0.15) is 0 Å². The van der Waals surface area contributed by atoms with Crippen molar-refractivity contribution in [2.75, 3.05) is 18.8 Å². The number of nitrogens with two attached hydrogens (primary N) is 2. The molecule has 1 atom stereocenters. The van der Waals surface area contributed by atoms with Crippen molar-refractivity contribution in [3.8, 4) is 0 Å². The molecule has 0 saturated carbocycles. The monoisotopic (exact) mass is 219 g/mol. The van der Waals surface area contributed by atoms with Crippen molar-refractivity contribution in [2.45, 2.75) is 18.9 Å². The minimum Gasteiger partial charge on any atom is -0.399 e. The van der Waals surface area contributed by atoms with Crippen molar-refractivity contribution < 1.29 is 4.79 Å². The van der Waals surface area contributed by atoms with Gasteiger partial charge in [-0.05, 0) is 24.1 Å². The largest absolute Gasteiger partial charge is 0.399 e. The smallest absolute Gasteiger partial charge is 0.224 e. The fraction of sp³-hybridized carbons (Fsp3) is 0.417. The first-order valence-corrected chi connectivity index (χ1v) is 5.53. The maximum absolute atomic E-state index is 11.5. The Morgan fingerprint density at radius 3 is 2.56 bits per heavy atom. The number of amides is 1. The van der Waals surface area contributed by atoms with Gasteiger partial charge in [0.05, 0.1) is 0 Å². The van der Waals surface area contributed by atoms with Crippen LogP contribution in [0.25, 0.3) is 0 Å². The van der Waals surface area contributed by atoms with E-state index in [9.17, 15) is 4.79 Å². The highest BCUT2D eigenvalue weighted by Gasteiger charge is 2.26. The number of benzene rings is 1. The minimum absolute atomic E-state index is 0.0129. The number of rotatable bonds is 3. The average molecular weight is 219 g/mol. The van der Waals surface area contributed by atoms with Gasteiger partial charge in [0.1, 0.15) is 0 Å². The molecule has 0 aromatic heterocycles. The fourth-order valence-electron chi connectivity index (χ4n) is 1.97. The van der Waals surface area contributed by atoms with E-state index < -0.39 is 0 Å². The first-order valence-electron chi connectivity index (χ1n) is 5.53. The summed E-state index contributed by atoms with van der Waals surface area (Å²) in [5.74, 6) is 0.169. The summed E-state index contributed by atoms with van der Waals surface area (Å²) in [6, 6.07) is 7.77. The Morgan fingerprint density at radius 1 is 1.31 bits per heavy atom. The highest BCUT2D eigenvalue weighted by molar-refractivity contribution is 5.79. The van der Waals surface area contributed by atoms with Crippen LogP contribution in [0.4, 0.5) is 5.69 Å². The maximum atomic E-state index is 11.5. The number of likely N-dealkylation sites (tertiary alicyclic amines) is 1. The van der Waals surface area contributed by atoms with E-state index in [1.54, 1.807) is 0 Å². The van der Waals surface area contributed by atoms with Crippen LogP contribution in [0, 0.1) is 0 Å². The van der Waals surface area contributed by atoms with Gasteiger partial charge in [0.2, 0.25) is 5.91 Å². The third kappa shape index (κ3) is 2.52. The van der Waals surface area contributed by atoms with Gasteiger partial charge in [-0.15, -0.1) is 0 Å². The molecule has 1 unspecified atom stereocenters. The van der Waals surface area contributed by atoms with Crippen molar-refractivity contribution in [2.24, 2.45) is 5.73 Å². The summed E-state index contributed by atoms with van der Waals surface area (Å²) < 4.78 is 0. The molecule has 86 valence electrons. The molecule has 2 rings (SSSR count). The predicted molar refractivity (Wildman–Crippen MR) is 63.7 cm³/mol. The van der Waals surface area contributed by atoms with E-state index in [0.29, 0.717) is 13.0 Å². The van der Waals surface area contributed by atoms with E-state index in [1.165, 1.54) is 5.56 Å². The molecule has 1 fully saturated rings. The second-order valence-electron chi connectivity index (χ2n) is 4.30. The van der Waals surface area contributed by atoms with Gasteiger partial charge in [0.15, 0.2) is 0 Å². The molecule has 1 aromatic rings. The van der Waals surface area contributed by atoms with E-state index in [0.717, 1.165) is 18.7 Å². The molecule has 0 aliphatic carbocycles. The molecule has 1 aliphatic rings. The summed E-state index contributed by atoms with van der Waals surface area (Å²) in [6.45, 7) is 1.43. The van der Waals surface area contributed by atoms with E-state index >= 15 is 0 Å². The van der Waals surface area contributed by atoms with E-state index in [4.69, 9.17) is 11.5 Å². The Morgan fingerprint density at radius 2 is 2.00 bits per heavy atom. The SMILES string of the molecule is Nc1ccc(CCN2CC(N)CC2=O)cc1. The number of carbonyl (C=O) groups is 1. The third-order valence-electron chi connectivity index (χ3n) is 2.89. The van der Waals surface area contributed by atoms with Crippen LogP contribution in [0.1, 0.15) is 12.0 Å². The van der Waals surface area contributed by atoms with Crippen LogP contribution in [0.15, 0.2) is 24.3 Å². The Balaban J connectivity index is 1.88. The lowest BCUT2D eigenvalue weighted by atomic mass is 10.1. The molecule has 1 saturated heterocycles. The fourth-order valence-corrected chi connectivity index (χ4v) is 1.97. The van der Waals surface area contributed by atoms with Crippen LogP contribution in [0.2, 0.25) is 0 Å². The van der Waals surface area contributed by atoms with Gasteiger partial charge < -0.3 is 16.4 Å². The number of anilines is 1. The van der Waals surface area contributed by atoms with E-state index in [-0.39, 0.29) is 11.9 Å². The number of hydrogen-bond acceptors (Lipinski definition) is 3. The van der Waals surface area contributed by atoms with Gasteiger partial charge >= 0.3 is 0 Å². The summed E-state index contributed by atoms with van der Waals surface area (Å²) in [5, 5.41) is 0. The average Bonchev–Trinajstić information content (AvgIpc) is 2.57. The van der Waals surface area contributed by atoms with Crippen LogP contribution >= 0.6 is 0 Å². The van der Waals surface area contributed by atoms with Crippen LogP contribution in [0.5, 0.6) is 0 Å². The normalized spacial score (nSPS) is 20.4. The maximum Gasteiger partial charge on any atom is 0.224 e. The third-order valence-corrected chi connectivity index (χ3v) is 2.89. The molecule has 4 heteroatoms. The molecule has 1 amide bonds. The molecule has 1 aromatic carbocycles. The van der Waals surface area contributed by atoms with Gasteiger partial charge in [-0.25, -0.2) is 0 Å². The number of hydrogen-bond donors (Lipinski definition) is 2. The summed E-state index contributed by atoms with van der Waals surface area (Å²) >= 11 is 0. The standard InChI is InChI=1S/C12H17N3O/c13-10-3-1-9(2-4-10)5-6-15-8-11(14)7-12(15)16/h1-4,11H,5-8,13-14H2. The van der Waals surface area contributed by atoms with E-state index in [2.05, 4.69) is 0 Å². The van der Waals surface area contributed by atoms with Crippen LogP contribution in [-0.2, 0) is 11.2 Å². The van der Waals surface area contributed by atoms with Crippen molar-refractivity contribution in [3.63, 3.8) is 0 Å². The van der Waals surface area contributed by atoms with Crippen molar-refractivity contribution in [1.29, 1.82) is 0 Å². The zero-order valence-electron chi connectivity index (χ0n) is 9.23. The summed E-state index contributed by atoms with van der Waals surface area (Å²) in [6.07, 6.45) is 1.35. The van der Waals surface area contributed by atoms with Crippen LogP contribution in [0.3, 0.4) is 0 Å². The molecule has 0 radical (unpaired) electrons. The zero-order valence-corrected chi connectivity index (χ0v) is 9.23. The van der Waals surface area contributed by atoms with Crippen LogP contribution in [-0.4, -0.2) is 29.9 Å². The topological polar surface area (TPSA) is 72.3 Å². The number of nitrogen functional groups attached to an aromatic ring is 1. The summed E-state index contributed by atoms with van der Waals surface area (Å²) in [7, 11) is 0. The van der Waals surface area contributed by atoms with Gasteiger partial charge in [-0.1, -0.05) is 12.1 Å². The first kappa shape index (κ1) is 11.0. The lowest BCUT2D eigenvalue weighted by molar-refractivity contribution is -0.127. The van der Waals surface area contributed by atoms with Crippen molar-refractivity contribution in [3.05, 3.63) is 29.8 Å². The van der Waals surface area contributed by atoms with Gasteiger partial charge in [-0.3, -0.25) is 4.79 Å². The molecule has 0 bridgehead atoms. The predicted octanol–water partition coefficient (Wildman–Crippen LogP) is 0.371. The second kappa shape index (κ2) is 4.53. The molecule has 16 heavy (non-hydrogen) atoms. The quantitative estimate of drug-likeness (QED) is 0.721. The van der Waals surface area contributed by atoms with Crippen molar-refractivity contribution >= 4 is 11.6 Å². The first-order chi connectivity index (χ1) is 7.65. The summed E-state index contributed by atoms with van der Waals surface area (Å²) in [4.78, 5) is 13.3. The zero-order chi connectivity index (χ0) is 11.5. The molecule has 1 aliphatic heterocycles. The lowest BCUT2D eigenvalue weighted by Gasteiger charge is -2.15. The highest BCUT2D eigenvalue weighted by atomic mass is 16.2. The van der Waals surface area contributed by atoms with Crippen molar-refractivity contribution in [1.82, 2.24) is 4.90 Å². The second-order valence-corrected chi connectivity index (χ2v) is 4.30. The summed E-state index contributed by atoms with van der Waals surface area (Å²) in [5.41, 5.74) is 13.3. The Bertz CT molecular complexity index is 374. The Hall–Kier alpha value is -1.55. The number of nitrogens with zero attached hydrogens (tertiary/aromatic N) is 1. The minimum atomic E-state index is 0.0129. The Labute approximate surface area is 95.2 Å². The molecule has 4 nitrogen and oxygen atoms in total. The molecule has 1 heterocycles. The van der Waals surface area contributed by atoms with E-state index in [1.807, 2.05) is 29.2 Å². The molecular weight excluding hydrogens is 202 g/mol. The van der Waals surface area contributed by atoms with Gasteiger partial charge in [0, 0.05) is 31.2 Å². The van der Waals surface area contributed by atoms with Crippen LogP contribution < -0.4 is 11.5 Å². The molecule has 4 N–H and O–H groups in total. The Kier molecular flexibility index (Phi) is 3.10. The molecule has 0 spiro atoms.